The first-order valence-corrected chi connectivity index (χ1v) is 19.5. The van der Waals surface area contributed by atoms with Crippen molar-refractivity contribution < 1.29 is 0 Å². The summed E-state index contributed by atoms with van der Waals surface area (Å²) >= 11 is 1.88. The average Bonchev–Trinajstić information content (AvgIpc) is 3.83. The maximum atomic E-state index is 2.39. The van der Waals surface area contributed by atoms with Gasteiger partial charge in [0.05, 0.1) is 11.0 Å². The molecule has 2 aromatic heterocycles. The fourth-order valence-corrected chi connectivity index (χ4v) is 9.28. The minimum atomic E-state index is 1.11. The summed E-state index contributed by atoms with van der Waals surface area (Å²) in [7, 11) is 0. The molecule has 10 aromatic rings. The molecular formula is C52H36N2S. The molecule has 8 aromatic carbocycles. The normalized spacial score (nSPS) is 11.3. The second-order valence-corrected chi connectivity index (χ2v) is 14.7. The Bertz CT molecular complexity index is 2780. The van der Waals surface area contributed by atoms with Gasteiger partial charge in [-0.1, -0.05) is 158 Å². The SMILES string of the molecule is c1ccc(-c2c(-c3ccc(N(c4ccccc4)c4ccccc4)cc3)sc(-c3ccc(-n4c5ccccc5c5ccccc54)cc3)c2-c2ccccc2)cc1. The Hall–Kier alpha value is -6.94. The molecule has 0 saturated carbocycles. The van der Waals surface area contributed by atoms with Crippen molar-refractivity contribution in [2.75, 3.05) is 4.90 Å². The molecule has 0 aliphatic rings. The second kappa shape index (κ2) is 14.1. The van der Waals surface area contributed by atoms with Gasteiger partial charge in [0.25, 0.3) is 0 Å². The van der Waals surface area contributed by atoms with Crippen LogP contribution in [0.2, 0.25) is 0 Å². The second-order valence-electron chi connectivity index (χ2n) is 13.7. The van der Waals surface area contributed by atoms with Crippen molar-refractivity contribution in [2.24, 2.45) is 0 Å². The number of fused-ring (bicyclic) bond motifs is 3. The van der Waals surface area contributed by atoms with Crippen LogP contribution in [0.4, 0.5) is 17.1 Å². The van der Waals surface area contributed by atoms with E-state index in [9.17, 15) is 0 Å². The molecular weight excluding hydrogens is 685 g/mol. The van der Waals surface area contributed by atoms with E-state index >= 15 is 0 Å². The Morgan fingerprint density at radius 3 is 1.13 bits per heavy atom. The van der Waals surface area contributed by atoms with E-state index < -0.39 is 0 Å². The Labute approximate surface area is 325 Å². The summed E-state index contributed by atoms with van der Waals surface area (Å²) in [6.45, 7) is 0. The van der Waals surface area contributed by atoms with E-state index in [1.807, 2.05) is 11.3 Å². The highest BCUT2D eigenvalue weighted by Crippen LogP contribution is 2.52. The quantitative estimate of drug-likeness (QED) is 0.152. The summed E-state index contributed by atoms with van der Waals surface area (Å²) in [5, 5.41) is 2.54. The number of thiophene rings is 1. The van der Waals surface area contributed by atoms with Gasteiger partial charge in [-0.15, -0.1) is 11.3 Å². The molecule has 55 heavy (non-hydrogen) atoms. The molecule has 0 atom stereocenters. The van der Waals surface area contributed by atoms with Gasteiger partial charge in [-0.3, -0.25) is 0 Å². The zero-order valence-corrected chi connectivity index (χ0v) is 30.9. The van der Waals surface area contributed by atoms with Gasteiger partial charge in [-0.05, 0) is 82.9 Å². The molecule has 0 N–H and O–H groups in total. The average molecular weight is 721 g/mol. The van der Waals surface area contributed by atoms with Crippen LogP contribution in [0.15, 0.2) is 218 Å². The standard InChI is InChI=1S/C52H36N2S/c1-5-17-37(18-6-1)49-50(38-19-7-2-8-20-38)52(40-31-35-44(36-32-40)54-47-27-15-13-25-45(47)46-26-14-16-28-48(46)54)55-51(49)39-29-33-43(34-30-39)53(41-21-9-3-10-22-41)42-23-11-4-12-24-42/h1-36H. The van der Waals surface area contributed by atoms with Crippen LogP contribution in [0.25, 0.3) is 70.6 Å². The van der Waals surface area contributed by atoms with E-state index in [1.54, 1.807) is 0 Å². The number of para-hydroxylation sites is 4. The molecule has 0 bridgehead atoms. The first-order valence-electron chi connectivity index (χ1n) is 18.7. The van der Waals surface area contributed by atoms with Crippen LogP contribution in [0.3, 0.4) is 0 Å². The van der Waals surface area contributed by atoms with Gasteiger partial charge in [-0.2, -0.15) is 0 Å². The third-order valence-electron chi connectivity index (χ3n) is 10.4. The third kappa shape index (κ3) is 5.92. The van der Waals surface area contributed by atoms with Gasteiger partial charge in [0.15, 0.2) is 0 Å². The van der Waals surface area contributed by atoms with Crippen molar-refractivity contribution in [1.82, 2.24) is 4.57 Å². The summed E-state index contributed by atoms with van der Waals surface area (Å²) in [5.74, 6) is 0. The van der Waals surface area contributed by atoms with Crippen molar-refractivity contribution in [3.8, 4) is 48.8 Å². The molecule has 0 fully saturated rings. The zero-order chi connectivity index (χ0) is 36.6. The number of benzene rings is 8. The van der Waals surface area contributed by atoms with Crippen molar-refractivity contribution >= 4 is 50.2 Å². The largest absolute Gasteiger partial charge is 0.311 e. The van der Waals surface area contributed by atoms with E-state index in [2.05, 4.69) is 228 Å². The predicted molar refractivity (Wildman–Crippen MR) is 235 cm³/mol. The molecule has 0 aliphatic heterocycles. The fraction of sp³-hybridized carbons (Fsp3) is 0. The molecule has 3 heteroatoms. The first kappa shape index (κ1) is 32.7. The molecule has 2 heterocycles. The van der Waals surface area contributed by atoms with E-state index in [0.717, 1.165) is 22.7 Å². The highest BCUT2D eigenvalue weighted by molar-refractivity contribution is 7.20. The smallest absolute Gasteiger partial charge is 0.0541 e. The van der Waals surface area contributed by atoms with Crippen LogP contribution in [0.1, 0.15) is 0 Å². The van der Waals surface area contributed by atoms with Crippen LogP contribution in [-0.2, 0) is 0 Å². The van der Waals surface area contributed by atoms with Crippen LogP contribution in [0.5, 0.6) is 0 Å². The van der Waals surface area contributed by atoms with Crippen LogP contribution in [0, 0.1) is 0 Å². The minimum absolute atomic E-state index is 1.11. The molecule has 0 radical (unpaired) electrons. The van der Waals surface area contributed by atoms with Crippen molar-refractivity contribution in [1.29, 1.82) is 0 Å². The van der Waals surface area contributed by atoms with Gasteiger partial charge in [-0.25, -0.2) is 0 Å². The Morgan fingerprint density at radius 1 is 0.309 bits per heavy atom. The van der Waals surface area contributed by atoms with E-state index in [-0.39, 0.29) is 0 Å². The van der Waals surface area contributed by atoms with Crippen molar-refractivity contribution in [2.45, 2.75) is 0 Å². The Morgan fingerprint density at radius 2 is 0.673 bits per heavy atom. The van der Waals surface area contributed by atoms with E-state index in [1.165, 1.54) is 64.9 Å². The Kier molecular flexibility index (Phi) is 8.40. The van der Waals surface area contributed by atoms with Crippen molar-refractivity contribution in [3.63, 3.8) is 0 Å². The predicted octanol–water partition coefficient (Wildman–Crippen LogP) is 15.0. The molecule has 0 amide bonds. The summed E-state index contributed by atoms with van der Waals surface area (Å²) in [6, 6.07) is 78.6. The number of hydrogen-bond donors (Lipinski definition) is 0. The van der Waals surface area contributed by atoms with Gasteiger partial charge in [0.2, 0.25) is 0 Å². The maximum Gasteiger partial charge on any atom is 0.0541 e. The molecule has 260 valence electrons. The van der Waals surface area contributed by atoms with E-state index in [0.29, 0.717) is 0 Å². The summed E-state index contributed by atoms with van der Waals surface area (Å²) < 4.78 is 2.39. The number of rotatable bonds is 8. The molecule has 0 saturated heterocycles. The molecule has 0 unspecified atom stereocenters. The number of anilines is 3. The summed E-state index contributed by atoms with van der Waals surface area (Å²) in [4.78, 5) is 4.83. The molecule has 0 spiro atoms. The molecule has 10 rings (SSSR count). The van der Waals surface area contributed by atoms with Gasteiger partial charge < -0.3 is 9.47 Å². The number of aromatic nitrogens is 1. The monoisotopic (exact) mass is 720 g/mol. The molecule has 0 aliphatic carbocycles. The van der Waals surface area contributed by atoms with Crippen LogP contribution < -0.4 is 4.90 Å². The lowest BCUT2D eigenvalue weighted by Crippen LogP contribution is -2.09. The van der Waals surface area contributed by atoms with Crippen LogP contribution >= 0.6 is 11.3 Å². The summed E-state index contributed by atoms with van der Waals surface area (Å²) in [6.07, 6.45) is 0. The number of hydrogen-bond acceptors (Lipinski definition) is 2. The van der Waals surface area contributed by atoms with E-state index in [4.69, 9.17) is 0 Å². The highest BCUT2D eigenvalue weighted by Gasteiger charge is 2.24. The van der Waals surface area contributed by atoms with Crippen LogP contribution in [-0.4, -0.2) is 4.57 Å². The summed E-state index contributed by atoms with van der Waals surface area (Å²) in [5.41, 5.74) is 14.3. The van der Waals surface area contributed by atoms with Gasteiger partial charge in [0, 0.05) is 54.4 Å². The fourth-order valence-electron chi connectivity index (χ4n) is 7.92. The van der Waals surface area contributed by atoms with Gasteiger partial charge in [0.1, 0.15) is 0 Å². The maximum absolute atomic E-state index is 2.39. The topological polar surface area (TPSA) is 8.17 Å². The lowest BCUT2D eigenvalue weighted by atomic mass is 9.91. The van der Waals surface area contributed by atoms with Gasteiger partial charge >= 0.3 is 0 Å². The zero-order valence-electron chi connectivity index (χ0n) is 30.1. The first-order chi connectivity index (χ1) is 27.3. The highest BCUT2D eigenvalue weighted by atomic mass is 32.1. The Balaban J connectivity index is 1.14. The molecule has 2 nitrogen and oxygen atoms in total. The third-order valence-corrected chi connectivity index (χ3v) is 11.7. The lowest BCUT2D eigenvalue weighted by Gasteiger charge is -2.25. The number of nitrogens with zero attached hydrogens (tertiary/aromatic N) is 2. The lowest BCUT2D eigenvalue weighted by molar-refractivity contribution is 1.18. The minimum Gasteiger partial charge on any atom is -0.311 e. The van der Waals surface area contributed by atoms with Crippen molar-refractivity contribution in [3.05, 3.63) is 218 Å².